The summed E-state index contributed by atoms with van der Waals surface area (Å²) < 4.78 is 18.5. The van der Waals surface area contributed by atoms with Gasteiger partial charge in [-0.3, -0.25) is 9.59 Å². The number of nitrogens with zero attached hydrogens (tertiary/aromatic N) is 3. The Hall–Kier alpha value is -1.76. The van der Waals surface area contributed by atoms with Crippen LogP contribution in [0.15, 0.2) is 22.1 Å². The van der Waals surface area contributed by atoms with Crippen LogP contribution >= 0.6 is 23.4 Å². The zero-order chi connectivity index (χ0) is 16.0. The van der Waals surface area contributed by atoms with Crippen molar-refractivity contribution in [3.05, 3.63) is 39.0 Å². The van der Waals surface area contributed by atoms with Gasteiger partial charge in [-0.2, -0.15) is 0 Å². The van der Waals surface area contributed by atoms with E-state index in [1.165, 1.54) is 0 Å². The molecule has 0 spiro atoms. The average Bonchev–Trinajstić information content (AvgIpc) is 2.42. The van der Waals surface area contributed by atoms with Crippen molar-refractivity contribution in [3.8, 4) is 0 Å². The number of esters is 1. The summed E-state index contributed by atoms with van der Waals surface area (Å²) in [6, 6.07) is 2.08. The van der Waals surface area contributed by atoms with Crippen LogP contribution in [-0.4, -0.2) is 23.7 Å². The van der Waals surface area contributed by atoms with Gasteiger partial charge in [-0.25, -0.2) is 4.39 Å². The topological polar surface area (TPSA) is 92.1 Å². The number of halogens is 2. The molecule has 0 aliphatic carbocycles. The first kappa shape index (κ1) is 17.3. The standard InChI is InChI=1S/C12H11ClFN3O3S/c1-3-20-12(19)6(2)21-10-4-7(11(18)16-17-15)9(14)5-8(10)13/h4-6H,3H2,1-2H3. The second kappa shape index (κ2) is 7.87. The third-order valence-corrected chi connectivity index (χ3v) is 3.87. The monoisotopic (exact) mass is 331 g/mol. The molecule has 1 aromatic carbocycles. The van der Waals surface area contributed by atoms with Gasteiger partial charge < -0.3 is 4.74 Å². The van der Waals surface area contributed by atoms with E-state index < -0.39 is 28.5 Å². The van der Waals surface area contributed by atoms with E-state index in [0.717, 1.165) is 23.9 Å². The fourth-order valence-electron chi connectivity index (χ4n) is 1.38. The van der Waals surface area contributed by atoms with E-state index in [1.807, 2.05) is 0 Å². The van der Waals surface area contributed by atoms with Crippen molar-refractivity contribution in [2.24, 2.45) is 5.11 Å². The zero-order valence-electron chi connectivity index (χ0n) is 11.2. The Kier molecular flexibility index (Phi) is 6.48. The number of azide groups is 1. The second-order valence-corrected chi connectivity index (χ2v) is 5.56. The number of amides is 1. The van der Waals surface area contributed by atoms with Crippen LogP contribution in [0, 0.1) is 5.82 Å². The fraction of sp³-hybridized carbons (Fsp3) is 0.333. The quantitative estimate of drug-likeness (QED) is 0.268. The first-order chi connectivity index (χ1) is 9.90. The van der Waals surface area contributed by atoms with Gasteiger partial charge in [-0.1, -0.05) is 11.6 Å². The van der Waals surface area contributed by atoms with Gasteiger partial charge in [0, 0.05) is 9.81 Å². The van der Waals surface area contributed by atoms with E-state index in [0.29, 0.717) is 4.90 Å². The van der Waals surface area contributed by atoms with Crippen molar-refractivity contribution in [1.29, 1.82) is 0 Å². The molecule has 0 saturated heterocycles. The van der Waals surface area contributed by atoms with Gasteiger partial charge in [-0.05, 0) is 36.6 Å². The first-order valence-electron chi connectivity index (χ1n) is 5.82. The van der Waals surface area contributed by atoms with Gasteiger partial charge in [0.2, 0.25) is 0 Å². The normalized spacial score (nSPS) is 11.4. The van der Waals surface area contributed by atoms with E-state index in [1.54, 1.807) is 13.8 Å². The van der Waals surface area contributed by atoms with Crippen LogP contribution in [0.25, 0.3) is 10.4 Å². The Morgan fingerprint density at radius 2 is 2.24 bits per heavy atom. The Morgan fingerprint density at radius 3 is 2.81 bits per heavy atom. The molecule has 1 unspecified atom stereocenters. The lowest BCUT2D eigenvalue weighted by Crippen LogP contribution is -2.16. The van der Waals surface area contributed by atoms with Gasteiger partial charge in [-0.15, -0.1) is 11.8 Å². The van der Waals surface area contributed by atoms with Gasteiger partial charge in [0.15, 0.2) is 0 Å². The maximum Gasteiger partial charge on any atom is 0.319 e. The van der Waals surface area contributed by atoms with Crippen molar-refractivity contribution < 1.29 is 18.7 Å². The molecule has 6 nitrogen and oxygen atoms in total. The van der Waals surface area contributed by atoms with Gasteiger partial charge in [0.25, 0.3) is 5.91 Å². The summed E-state index contributed by atoms with van der Waals surface area (Å²) in [4.78, 5) is 25.6. The number of thioether (sulfide) groups is 1. The minimum atomic E-state index is -1.06. The van der Waals surface area contributed by atoms with Crippen molar-refractivity contribution >= 4 is 35.2 Å². The molecule has 1 rings (SSSR count). The maximum absolute atomic E-state index is 13.6. The number of carbonyl (C=O) groups is 2. The van der Waals surface area contributed by atoms with Crippen molar-refractivity contribution in [2.45, 2.75) is 24.0 Å². The Labute approximate surface area is 129 Å². The molecule has 0 heterocycles. The molecule has 0 bridgehead atoms. The third kappa shape index (κ3) is 4.63. The van der Waals surface area contributed by atoms with E-state index in [2.05, 4.69) is 10.0 Å². The van der Waals surface area contributed by atoms with E-state index in [4.69, 9.17) is 21.9 Å². The summed E-state index contributed by atoms with van der Waals surface area (Å²) in [5, 5.41) is 2.29. The highest BCUT2D eigenvalue weighted by atomic mass is 35.5. The van der Waals surface area contributed by atoms with Gasteiger partial charge in [0.1, 0.15) is 11.1 Å². The van der Waals surface area contributed by atoms with E-state index in [9.17, 15) is 14.0 Å². The average molecular weight is 332 g/mol. The SMILES string of the molecule is CCOC(=O)C(C)Sc1cc(C(=O)N=[N+]=[N-])c(F)cc1Cl. The second-order valence-electron chi connectivity index (χ2n) is 3.77. The van der Waals surface area contributed by atoms with Crippen molar-refractivity contribution in [1.82, 2.24) is 0 Å². The maximum atomic E-state index is 13.6. The molecule has 21 heavy (non-hydrogen) atoms. The molecule has 112 valence electrons. The summed E-state index contributed by atoms with van der Waals surface area (Å²) in [5.74, 6) is -2.41. The van der Waals surface area contributed by atoms with Gasteiger partial charge >= 0.3 is 5.97 Å². The van der Waals surface area contributed by atoms with Crippen LogP contribution in [0.5, 0.6) is 0 Å². The number of carbonyl (C=O) groups excluding carboxylic acids is 2. The highest BCUT2D eigenvalue weighted by molar-refractivity contribution is 8.00. The summed E-state index contributed by atoms with van der Waals surface area (Å²) in [7, 11) is 0. The number of benzene rings is 1. The summed E-state index contributed by atoms with van der Waals surface area (Å²) >= 11 is 6.90. The van der Waals surface area contributed by atoms with Crippen LogP contribution < -0.4 is 0 Å². The molecule has 9 heteroatoms. The van der Waals surface area contributed by atoms with Crippen LogP contribution in [0.4, 0.5) is 4.39 Å². The molecule has 0 aromatic heterocycles. The summed E-state index contributed by atoms with van der Waals surface area (Å²) in [6.45, 7) is 3.51. The Morgan fingerprint density at radius 1 is 1.57 bits per heavy atom. The smallest absolute Gasteiger partial charge is 0.319 e. The lowest BCUT2D eigenvalue weighted by atomic mass is 10.2. The molecular weight excluding hydrogens is 321 g/mol. The zero-order valence-corrected chi connectivity index (χ0v) is 12.7. The minimum Gasteiger partial charge on any atom is -0.465 e. The number of hydrogen-bond donors (Lipinski definition) is 0. The van der Waals surface area contributed by atoms with Crippen molar-refractivity contribution in [3.63, 3.8) is 0 Å². The highest BCUT2D eigenvalue weighted by Crippen LogP contribution is 2.33. The van der Waals surface area contributed by atoms with Gasteiger partial charge in [0.05, 0.1) is 17.2 Å². The largest absolute Gasteiger partial charge is 0.465 e. The minimum absolute atomic E-state index is 0.0473. The lowest BCUT2D eigenvalue weighted by molar-refractivity contribution is -0.142. The predicted molar refractivity (Wildman–Crippen MR) is 76.8 cm³/mol. The van der Waals surface area contributed by atoms with Crippen LogP contribution in [0.1, 0.15) is 24.2 Å². The first-order valence-corrected chi connectivity index (χ1v) is 7.08. The fourth-order valence-corrected chi connectivity index (χ4v) is 2.56. The number of hydrogen-bond acceptors (Lipinski definition) is 4. The predicted octanol–water partition coefficient (Wildman–Crippen LogP) is 3.97. The molecule has 1 amide bonds. The molecule has 0 fully saturated rings. The molecule has 0 aliphatic rings. The lowest BCUT2D eigenvalue weighted by Gasteiger charge is -2.12. The molecule has 0 aliphatic heterocycles. The summed E-state index contributed by atoms with van der Waals surface area (Å²) in [5.41, 5.74) is 7.81. The van der Waals surface area contributed by atoms with Crippen molar-refractivity contribution in [2.75, 3.05) is 6.61 Å². The van der Waals surface area contributed by atoms with Crippen LogP contribution in [-0.2, 0) is 9.53 Å². The van der Waals surface area contributed by atoms with E-state index >= 15 is 0 Å². The Balaban J connectivity index is 3.08. The summed E-state index contributed by atoms with van der Waals surface area (Å²) in [6.07, 6.45) is 0. The Bertz CT molecular complexity index is 620. The molecule has 0 radical (unpaired) electrons. The van der Waals surface area contributed by atoms with Crippen LogP contribution in [0.3, 0.4) is 0 Å². The highest BCUT2D eigenvalue weighted by Gasteiger charge is 2.20. The number of rotatable bonds is 5. The molecular formula is C12H11ClFN3O3S. The molecule has 0 N–H and O–H groups in total. The molecule has 0 saturated carbocycles. The van der Waals surface area contributed by atoms with E-state index in [-0.39, 0.29) is 11.6 Å². The molecule has 1 atom stereocenters. The number of ether oxygens (including phenoxy) is 1. The third-order valence-electron chi connectivity index (χ3n) is 2.31. The van der Waals surface area contributed by atoms with Crippen LogP contribution in [0.2, 0.25) is 5.02 Å². The molecule has 1 aromatic rings.